The first kappa shape index (κ1) is 36.1. The van der Waals surface area contributed by atoms with E-state index in [1.807, 2.05) is 32.0 Å². The van der Waals surface area contributed by atoms with Crippen molar-refractivity contribution >= 4 is 45.3 Å². The molecule has 3 aromatic rings. The van der Waals surface area contributed by atoms with Crippen LogP contribution < -0.4 is 16.0 Å². The first-order valence-electron chi connectivity index (χ1n) is 15.0. The third-order valence-electron chi connectivity index (χ3n) is 6.93. The molecular weight excluding hydrogens is 610 g/mol. The van der Waals surface area contributed by atoms with Crippen LogP contribution in [0, 0.1) is 19.8 Å². The molecule has 0 spiro atoms. The van der Waals surface area contributed by atoms with Crippen molar-refractivity contribution in [2.75, 3.05) is 16.0 Å². The van der Waals surface area contributed by atoms with Crippen LogP contribution >= 0.6 is 0 Å². The van der Waals surface area contributed by atoms with Gasteiger partial charge in [-0.05, 0) is 112 Å². The van der Waals surface area contributed by atoms with Crippen molar-refractivity contribution in [2.24, 2.45) is 5.92 Å². The lowest BCUT2D eigenvalue weighted by Gasteiger charge is -2.17. The van der Waals surface area contributed by atoms with Crippen LogP contribution in [0.15, 0.2) is 59.5 Å². The number of hydrogen-bond acceptors (Lipinski definition) is 7. The van der Waals surface area contributed by atoms with Crippen LogP contribution in [0.1, 0.15) is 62.4 Å². The first-order chi connectivity index (χ1) is 21.5. The molecule has 4 N–H and O–H groups in total. The number of ether oxygens (including phenoxy) is 2. The van der Waals surface area contributed by atoms with E-state index in [-0.39, 0.29) is 36.2 Å². The van der Waals surface area contributed by atoms with Crippen LogP contribution in [0.5, 0.6) is 0 Å². The minimum atomic E-state index is -4.69. The predicted molar refractivity (Wildman–Crippen MR) is 178 cm³/mol. The van der Waals surface area contributed by atoms with E-state index < -0.39 is 27.1 Å². The summed E-state index contributed by atoms with van der Waals surface area (Å²) >= 11 is 0. The van der Waals surface area contributed by atoms with E-state index in [4.69, 9.17) is 9.47 Å². The average molecular weight is 654 g/mol. The number of urea groups is 1. The summed E-state index contributed by atoms with van der Waals surface area (Å²) in [6, 6.07) is 14.4. The van der Waals surface area contributed by atoms with Gasteiger partial charge in [-0.3, -0.25) is 14.7 Å². The monoisotopic (exact) mass is 653 g/mol. The number of anilines is 3. The number of aryl methyl sites for hydroxylation is 2. The Morgan fingerprint density at radius 3 is 2.04 bits per heavy atom. The zero-order chi connectivity index (χ0) is 34.2. The maximum absolute atomic E-state index is 12.8. The smallest absolute Gasteiger partial charge is 0.411 e. The molecule has 0 radical (unpaired) electrons. The molecule has 0 saturated heterocycles. The summed E-state index contributed by atoms with van der Waals surface area (Å²) in [4.78, 5) is 36.6. The Hall–Kier alpha value is -4.42. The minimum Gasteiger partial charge on any atom is -0.463 e. The number of rotatable bonds is 12. The fourth-order valence-electron chi connectivity index (χ4n) is 4.86. The molecule has 0 aromatic heterocycles. The predicted octanol–water partition coefficient (Wildman–Crippen LogP) is 7.07. The largest absolute Gasteiger partial charge is 0.463 e. The molecular formula is C34H43N3O8S. The summed E-state index contributed by atoms with van der Waals surface area (Å²) in [6.07, 6.45) is 0.201. The van der Waals surface area contributed by atoms with Crippen LogP contribution in [0.4, 0.5) is 26.7 Å². The van der Waals surface area contributed by atoms with E-state index in [0.29, 0.717) is 29.8 Å². The quantitative estimate of drug-likeness (QED) is 0.119. The van der Waals surface area contributed by atoms with E-state index in [1.54, 1.807) is 58.9 Å². The number of nitrogens with one attached hydrogen (secondary N) is 3. The van der Waals surface area contributed by atoms with Crippen LogP contribution in [0.2, 0.25) is 0 Å². The fraction of sp³-hybridized carbons (Fsp3) is 0.382. The lowest BCUT2D eigenvalue weighted by Crippen LogP contribution is -2.22. The van der Waals surface area contributed by atoms with Gasteiger partial charge in [-0.2, -0.15) is 8.42 Å². The highest BCUT2D eigenvalue weighted by Gasteiger charge is 2.20. The highest BCUT2D eigenvalue weighted by atomic mass is 32.2. The molecule has 46 heavy (non-hydrogen) atoms. The second kappa shape index (κ2) is 15.7. The van der Waals surface area contributed by atoms with E-state index in [0.717, 1.165) is 22.3 Å². The van der Waals surface area contributed by atoms with Crippen LogP contribution in [0.3, 0.4) is 0 Å². The first-order valence-corrected chi connectivity index (χ1v) is 16.5. The maximum atomic E-state index is 12.8. The Bertz CT molecular complexity index is 1690. The van der Waals surface area contributed by atoms with Gasteiger partial charge in [-0.1, -0.05) is 37.3 Å². The standard InChI is InChI=1S/C34H43N3O8S/c1-20(2)44-32(38)18-26-10-8-23(6)27(16-26)15-22(5)14-25-11-13-29(31(17-25)46(41,42)43)36-33(39)35-28-12-9-24(7)30(19-28)37-34(40)45-21(3)4/h8-13,16-17,19-22H,14-15,18H2,1-7H3,(H,37,40)(H2,35,36,39)(H,41,42,43). The van der Waals surface area contributed by atoms with Gasteiger partial charge in [0.1, 0.15) is 4.90 Å². The topological polar surface area (TPSA) is 160 Å². The van der Waals surface area contributed by atoms with Gasteiger partial charge in [0.2, 0.25) is 0 Å². The van der Waals surface area contributed by atoms with Gasteiger partial charge in [-0.15, -0.1) is 0 Å². The van der Waals surface area contributed by atoms with E-state index in [1.165, 1.54) is 12.1 Å². The molecule has 0 aliphatic carbocycles. The lowest BCUT2D eigenvalue weighted by molar-refractivity contribution is -0.146. The van der Waals surface area contributed by atoms with Crippen molar-refractivity contribution in [3.63, 3.8) is 0 Å². The second-order valence-electron chi connectivity index (χ2n) is 12.0. The minimum absolute atomic E-state index is 0.0788. The molecule has 3 amide bonds. The van der Waals surface area contributed by atoms with Crippen molar-refractivity contribution in [1.82, 2.24) is 0 Å². The average Bonchev–Trinajstić information content (AvgIpc) is 2.91. The van der Waals surface area contributed by atoms with Gasteiger partial charge in [-0.25, -0.2) is 9.59 Å². The molecule has 0 heterocycles. The number of amides is 3. The van der Waals surface area contributed by atoms with Crippen molar-refractivity contribution in [1.29, 1.82) is 0 Å². The summed E-state index contributed by atoms with van der Waals surface area (Å²) < 4.78 is 45.0. The maximum Gasteiger partial charge on any atom is 0.411 e. The summed E-state index contributed by atoms with van der Waals surface area (Å²) in [5, 5.41) is 7.72. The molecule has 248 valence electrons. The van der Waals surface area contributed by atoms with Gasteiger partial charge in [0.25, 0.3) is 10.1 Å². The number of carbonyl (C=O) groups is 3. The number of esters is 1. The van der Waals surface area contributed by atoms with Gasteiger partial charge < -0.3 is 20.1 Å². The summed E-state index contributed by atoms with van der Waals surface area (Å²) in [7, 11) is -4.69. The third kappa shape index (κ3) is 11.2. The molecule has 0 bridgehead atoms. The number of carbonyl (C=O) groups excluding carboxylic acids is 3. The van der Waals surface area contributed by atoms with Gasteiger partial charge >= 0.3 is 18.1 Å². The molecule has 1 atom stereocenters. The summed E-state index contributed by atoms with van der Waals surface area (Å²) in [6.45, 7) is 12.9. The molecule has 0 saturated carbocycles. The van der Waals surface area contributed by atoms with E-state index >= 15 is 0 Å². The van der Waals surface area contributed by atoms with Crippen molar-refractivity contribution in [3.8, 4) is 0 Å². The van der Waals surface area contributed by atoms with Gasteiger partial charge in [0.05, 0.1) is 24.3 Å². The molecule has 1 unspecified atom stereocenters. The van der Waals surface area contributed by atoms with Gasteiger partial charge in [0, 0.05) is 11.4 Å². The normalized spacial score (nSPS) is 12.0. The van der Waals surface area contributed by atoms with Crippen molar-refractivity contribution in [3.05, 3.63) is 82.4 Å². The molecule has 11 nitrogen and oxygen atoms in total. The third-order valence-corrected chi connectivity index (χ3v) is 7.82. The second-order valence-corrected chi connectivity index (χ2v) is 13.4. The molecule has 3 rings (SSSR count). The molecule has 12 heteroatoms. The molecule has 0 aliphatic heterocycles. The Kier molecular flexibility index (Phi) is 12.3. The zero-order valence-corrected chi connectivity index (χ0v) is 28.1. The molecule has 0 fully saturated rings. The molecule has 0 aliphatic rings. The Labute approximate surface area is 270 Å². The Morgan fingerprint density at radius 1 is 0.739 bits per heavy atom. The SMILES string of the molecule is Cc1ccc(CC(=O)OC(C)C)cc1CC(C)Cc1ccc(NC(=O)Nc2ccc(C)c(NC(=O)OC(C)C)c2)c(S(=O)(=O)O)c1. The van der Waals surface area contributed by atoms with Crippen LogP contribution in [0.25, 0.3) is 0 Å². The zero-order valence-electron chi connectivity index (χ0n) is 27.3. The fourth-order valence-corrected chi connectivity index (χ4v) is 5.56. The van der Waals surface area contributed by atoms with E-state index in [2.05, 4.69) is 16.0 Å². The molecule has 3 aromatic carbocycles. The van der Waals surface area contributed by atoms with Crippen LogP contribution in [-0.2, 0) is 43.6 Å². The Morgan fingerprint density at radius 2 is 1.39 bits per heavy atom. The van der Waals surface area contributed by atoms with Crippen LogP contribution in [-0.4, -0.2) is 43.3 Å². The lowest BCUT2D eigenvalue weighted by atomic mass is 9.91. The number of benzene rings is 3. The highest BCUT2D eigenvalue weighted by Crippen LogP contribution is 2.27. The van der Waals surface area contributed by atoms with Gasteiger partial charge in [0.15, 0.2) is 0 Å². The Balaban J connectivity index is 1.71. The van der Waals surface area contributed by atoms with E-state index in [9.17, 15) is 27.4 Å². The number of hydrogen-bond donors (Lipinski definition) is 4. The van der Waals surface area contributed by atoms with Crippen molar-refractivity contribution < 1.29 is 36.8 Å². The highest BCUT2D eigenvalue weighted by molar-refractivity contribution is 7.86. The summed E-state index contributed by atoms with van der Waals surface area (Å²) in [5.41, 5.74) is 5.05. The summed E-state index contributed by atoms with van der Waals surface area (Å²) in [5.74, 6) is -0.211. The van der Waals surface area contributed by atoms with Crippen molar-refractivity contribution in [2.45, 2.75) is 84.8 Å².